The number of benzene rings is 2. The Labute approximate surface area is 177 Å². The number of aliphatic hydroxyl groups excluding tert-OH is 1. The van der Waals surface area contributed by atoms with E-state index in [1.165, 1.54) is 24.3 Å². The molecule has 2 aromatic carbocycles. The van der Waals surface area contributed by atoms with Gasteiger partial charge in [0, 0.05) is 10.1 Å². The molecule has 1 aliphatic rings. The zero-order chi connectivity index (χ0) is 21.4. The number of amidine groups is 1. The quantitative estimate of drug-likeness (QED) is 0.519. The van der Waals surface area contributed by atoms with Crippen LogP contribution in [0.25, 0.3) is 0 Å². The van der Waals surface area contributed by atoms with Gasteiger partial charge in [0.25, 0.3) is 15.9 Å². The Kier molecular flexibility index (Phi) is 5.87. The SMILES string of the molecule is O=C(NCC(O)c1ccccc1C(F)(F)F)C1=NS(=O)(=O)c2cc(I)ccc2N1. The maximum atomic E-state index is 13.1. The van der Waals surface area contributed by atoms with Crippen LogP contribution in [0.3, 0.4) is 0 Å². The van der Waals surface area contributed by atoms with Crippen LogP contribution in [-0.4, -0.2) is 31.8 Å². The second-order valence-corrected chi connectivity index (χ2v) is 8.81. The van der Waals surface area contributed by atoms with Gasteiger partial charge in [-0.2, -0.15) is 21.6 Å². The van der Waals surface area contributed by atoms with Crippen LogP contribution in [0.5, 0.6) is 0 Å². The van der Waals surface area contributed by atoms with Gasteiger partial charge in [-0.25, -0.2) is 0 Å². The van der Waals surface area contributed by atoms with Gasteiger partial charge in [0.2, 0.25) is 5.84 Å². The number of sulfonamides is 1. The average molecular weight is 539 g/mol. The first-order valence-corrected chi connectivity index (χ1v) is 10.5. The Morgan fingerprint density at radius 3 is 2.62 bits per heavy atom. The van der Waals surface area contributed by atoms with Crippen LogP contribution < -0.4 is 10.6 Å². The van der Waals surface area contributed by atoms with Crippen molar-refractivity contribution in [1.82, 2.24) is 5.32 Å². The predicted molar refractivity (Wildman–Crippen MR) is 107 cm³/mol. The molecule has 1 atom stereocenters. The monoisotopic (exact) mass is 539 g/mol. The average Bonchev–Trinajstić information content (AvgIpc) is 2.65. The van der Waals surface area contributed by atoms with Gasteiger partial charge in [0.15, 0.2) is 0 Å². The zero-order valence-electron chi connectivity index (χ0n) is 14.4. The fraction of sp³-hybridized carbons (Fsp3) is 0.176. The summed E-state index contributed by atoms with van der Waals surface area (Å²) in [6, 6.07) is 8.89. The van der Waals surface area contributed by atoms with E-state index in [0.29, 0.717) is 3.57 Å². The molecule has 0 radical (unpaired) electrons. The maximum Gasteiger partial charge on any atom is 0.416 e. The molecule has 29 heavy (non-hydrogen) atoms. The first-order chi connectivity index (χ1) is 13.5. The van der Waals surface area contributed by atoms with E-state index in [-0.39, 0.29) is 10.6 Å². The first-order valence-electron chi connectivity index (χ1n) is 8.03. The highest BCUT2D eigenvalue weighted by molar-refractivity contribution is 14.1. The minimum atomic E-state index is -4.67. The lowest BCUT2D eigenvalue weighted by Gasteiger charge is -2.20. The third kappa shape index (κ3) is 4.70. The molecule has 0 saturated carbocycles. The summed E-state index contributed by atoms with van der Waals surface area (Å²) < 4.78 is 67.8. The fourth-order valence-corrected chi connectivity index (χ4v) is 4.50. The predicted octanol–water partition coefficient (Wildman–Crippen LogP) is 2.67. The van der Waals surface area contributed by atoms with Crippen LogP contribution in [0.4, 0.5) is 18.9 Å². The smallest absolute Gasteiger partial charge is 0.387 e. The summed E-state index contributed by atoms with van der Waals surface area (Å²) in [5.74, 6) is -1.53. The van der Waals surface area contributed by atoms with E-state index >= 15 is 0 Å². The molecule has 0 aliphatic carbocycles. The van der Waals surface area contributed by atoms with Crippen molar-refractivity contribution in [2.75, 3.05) is 11.9 Å². The van der Waals surface area contributed by atoms with Gasteiger partial charge in [-0.1, -0.05) is 18.2 Å². The lowest BCUT2D eigenvalue weighted by atomic mass is 10.0. The number of nitrogens with zero attached hydrogens (tertiary/aromatic N) is 1. The number of carbonyl (C=O) groups excluding carboxylic acids is 1. The Morgan fingerprint density at radius 1 is 1.24 bits per heavy atom. The molecule has 2 aromatic rings. The number of rotatable bonds is 4. The Morgan fingerprint density at radius 2 is 1.93 bits per heavy atom. The molecule has 3 N–H and O–H groups in total. The van der Waals surface area contributed by atoms with E-state index in [2.05, 4.69) is 15.0 Å². The molecule has 12 heteroatoms. The van der Waals surface area contributed by atoms with Crippen LogP contribution in [0.2, 0.25) is 0 Å². The van der Waals surface area contributed by atoms with Gasteiger partial charge in [-0.05, 0) is 52.4 Å². The Balaban J connectivity index is 1.76. The number of nitrogens with one attached hydrogen (secondary N) is 2. The van der Waals surface area contributed by atoms with Crippen molar-refractivity contribution in [3.63, 3.8) is 0 Å². The molecule has 1 heterocycles. The van der Waals surface area contributed by atoms with E-state index < -0.39 is 51.7 Å². The van der Waals surface area contributed by atoms with Gasteiger partial charge in [-0.15, -0.1) is 4.40 Å². The van der Waals surface area contributed by atoms with Crippen molar-refractivity contribution in [2.24, 2.45) is 4.40 Å². The minimum absolute atomic E-state index is 0.0971. The van der Waals surface area contributed by atoms with E-state index in [9.17, 15) is 31.5 Å². The number of alkyl halides is 3. The van der Waals surface area contributed by atoms with Crippen molar-refractivity contribution in [3.05, 3.63) is 57.2 Å². The molecule has 0 saturated heterocycles. The lowest BCUT2D eigenvalue weighted by molar-refractivity contribution is -0.139. The number of fused-ring (bicyclic) bond motifs is 1. The maximum absolute atomic E-state index is 13.1. The lowest BCUT2D eigenvalue weighted by Crippen LogP contribution is -2.40. The highest BCUT2D eigenvalue weighted by atomic mass is 127. The zero-order valence-corrected chi connectivity index (χ0v) is 17.3. The second kappa shape index (κ2) is 7.91. The summed E-state index contributed by atoms with van der Waals surface area (Å²) in [6.07, 6.45) is -6.34. The molecule has 0 fully saturated rings. The van der Waals surface area contributed by atoms with Crippen LogP contribution >= 0.6 is 22.6 Å². The number of hydrogen-bond acceptors (Lipinski definition) is 5. The molecule has 0 aromatic heterocycles. The standard InChI is InChI=1S/C17H13F3IN3O4S/c18-17(19,20)11-4-2-1-3-10(11)13(25)8-22-16(26)15-23-12-6-5-9(21)7-14(12)29(27,28)24-15/h1-7,13,25H,8H2,(H,22,26)(H,23,24). The van der Waals surface area contributed by atoms with Gasteiger partial charge in [-0.3, -0.25) is 4.79 Å². The van der Waals surface area contributed by atoms with Gasteiger partial charge >= 0.3 is 6.18 Å². The fourth-order valence-electron chi connectivity index (χ4n) is 2.66. The number of carbonyl (C=O) groups is 1. The molecular formula is C17H13F3IN3O4S. The van der Waals surface area contributed by atoms with E-state index in [0.717, 1.165) is 12.1 Å². The summed E-state index contributed by atoms with van der Waals surface area (Å²) in [7, 11) is -4.13. The van der Waals surface area contributed by atoms with E-state index in [1.54, 1.807) is 6.07 Å². The molecule has 3 rings (SSSR count). The first kappa shape index (κ1) is 21.5. The Hall–Kier alpha value is -2.19. The van der Waals surface area contributed by atoms with E-state index in [1.807, 2.05) is 22.6 Å². The Bertz CT molecular complexity index is 1100. The highest BCUT2D eigenvalue weighted by Crippen LogP contribution is 2.34. The number of halogens is 4. The minimum Gasteiger partial charge on any atom is -0.387 e. The van der Waals surface area contributed by atoms with Crippen molar-refractivity contribution in [2.45, 2.75) is 17.2 Å². The largest absolute Gasteiger partial charge is 0.416 e. The van der Waals surface area contributed by atoms with Crippen LogP contribution in [0.15, 0.2) is 51.8 Å². The van der Waals surface area contributed by atoms with Gasteiger partial charge in [0.1, 0.15) is 4.90 Å². The van der Waals surface area contributed by atoms with Gasteiger partial charge in [0.05, 0.1) is 17.4 Å². The summed E-state index contributed by atoms with van der Waals surface area (Å²) in [5, 5.41) is 14.9. The number of hydrogen-bond donors (Lipinski definition) is 3. The summed E-state index contributed by atoms with van der Waals surface area (Å²) in [4.78, 5) is 12.2. The van der Waals surface area contributed by atoms with Crippen LogP contribution in [0.1, 0.15) is 17.2 Å². The normalized spacial score (nSPS) is 16.2. The van der Waals surface area contributed by atoms with E-state index in [4.69, 9.17) is 0 Å². The topological polar surface area (TPSA) is 108 Å². The third-order valence-corrected chi connectivity index (χ3v) is 5.97. The van der Waals surface area contributed by atoms with Gasteiger partial charge < -0.3 is 15.7 Å². The summed E-state index contributed by atoms with van der Waals surface area (Å²) in [5.41, 5.74) is -1.29. The molecular weight excluding hydrogens is 526 g/mol. The second-order valence-electron chi connectivity index (χ2n) is 5.99. The van der Waals surface area contributed by atoms with Crippen LogP contribution in [0, 0.1) is 3.57 Å². The molecule has 1 amide bonds. The molecule has 1 aliphatic heterocycles. The highest BCUT2D eigenvalue weighted by Gasteiger charge is 2.35. The molecule has 1 unspecified atom stereocenters. The van der Waals surface area contributed by atoms with Crippen molar-refractivity contribution >= 4 is 50.0 Å². The molecule has 7 nitrogen and oxygen atoms in total. The third-order valence-electron chi connectivity index (χ3n) is 3.98. The molecule has 0 bridgehead atoms. The number of aliphatic hydroxyl groups is 1. The summed E-state index contributed by atoms with van der Waals surface area (Å²) >= 11 is 1.93. The number of amides is 1. The molecule has 0 spiro atoms. The van der Waals surface area contributed by atoms with Crippen LogP contribution in [-0.2, 0) is 21.0 Å². The van der Waals surface area contributed by atoms with Crippen molar-refractivity contribution < 1.29 is 31.5 Å². The van der Waals surface area contributed by atoms with Crippen molar-refractivity contribution in [3.8, 4) is 0 Å². The summed E-state index contributed by atoms with van der Waals surface area (Å²) in [6.45, 7) is -0.577. The molecule has 154 valence electrons. The van der Waals surface area contributed by atoms with Crippen molar-refractivity contribution in [1.29, 1.82) is 0 Å². The number of anilines is 1.